The van der Waals surface area contributed by atoms with Gasteiger partial charge in [-0.15, -0.1) is 0 Å². The molecule has 1 rings (SSSR count). The van der Waals surface area contributed by atoms with Gasteiger partial charge in [-0.05, 0) is 6.07 Å². The summed E-state index contributed by atoms with van der Waals surface area (Å²) >= 11 is 0. The van der Waals surface area contributed by atoms with Gasteiger partial charge in [0.25, 0.3) is 16.0 Å². The lowest BCUT2D eigenvalue weighted by molar-refractivity contribution is 0.0950. The summed E-state index contributed by atoms with van der Waals surface area (Å²) < 4.78 is 29.3. The Balaban J connectivity index is 2.67. The summed E-state index contributed by atoms with van der Waals surface area (Å²) in [6, 6.07) is 6.13. The van der Waals surface area contributed by atoms with Crippen LogP contribution in [0.15, 0.2) is 24.3 Å². The number of benzene rings is 1. The van der Waals surface area contributed by atoms with Crippen molar-refractivity contribution >= 4 is 22.3 Å². The van der Waals surface area contributed by atoms with E-state index in [4.69, 9.17) is 4.55 Å². The SMILES string of the molecule is O=Cc1ccccc1C(=O)NCCS(=O)(=O)O. The summed E-state index contributed by atoms with van der Waals surface area (Å²) in [5.41, 5.74) is 0.384. The van der Waals surface area contributed by atoms with Gasteiger partial charge in [-0.2, -0.15) is 8.42 Å². The molecule has 0 fully saturated rings. The van der Waals surface area contributed by atoms with Crippen LogP contribution in [0.5, 0.6) is 0 Å². The minimum absolute atomic E-state index is 0.165. The van der Waals surface area contributed by atoms with E-state index in [0.29, 0.717) is 6.29 Å². The fourth-order valence-electron chi connectivity index (χ4n) is 1.20. The van der Waals surface area contributed by atoms with Crippen LogP contribution in [0.1, 0.15) is 20.7 Å². The van der Waals surface area contributed by atoms with E-state index in [1.54, 1.807) is 12.1 Å². The lowest BCUT2D eigenvalue weighted by Crippen LogP contribution is -2.29. The molecule has 1 aromatic carbocycles. The van der Waals surface area contributed by atoms with Crippen molar-refractivity contribution in [1.82, 2.24) is 5.32 Å². The normalized spacial score (nSPS) is 10.9. The van der Waals surface area contributed by atoms with Crippen molar-refractivity contribution in [2.75, 3.05) is 12.3 Å². The molecule has 0 aliphatic rings. The Morgan fingerprint density at radius 2 is 2.00 bits per heavy atom. The molecule has 1 amide bonds. The number of hydrogen-bond acceptors (Lipinski definition) is 4. The van der Waals surface area contributed by atoms with Gasteiger partial charge in [0.05, 0.1) is 5.75 Å². The molecule has 0 radical (unpaired) electrons. The van der Waals surface area contributed by atoms with Crippen LogP contribution in [-0.2, 0) is 10.1 Å². The maximum Gasteiger partial charge on any atom is 0.266 e. The van der Waals surface area contributed by atoms with Gasteiger partial charge < -0.3 is 5.32 Å². The largest absolute Gasteiger partial charge is 0.351 e. The highest BCUT2D eigenvalue weighted by Gasteiger charge is 2.11. The highest BCUT2D eigenvalue weighted by Crippen LogP contribution is 2.05. The van der Waals surface area contributed by atoms with Crippen LogP contribution in [-0.4, -0.2) is 37.5 Å². The van der Waals surface area contributed by atoms with Gasteiger partial charge in [-0.25, -0.2) is 0 Å². The average molecular weight is 257 g/mol. The number of aldehydes is 1. The van der Waals surface area contributed by atoms with Crippen LogP contribution in [0.2, 0.25) is 0 Å². The Bertz CT molecular complexity index is 523. The van der Waals surface area contributed by atoms with Crippen molar-refractivity contribution in [2.45, 2.75) is 0 Å². The second-order valence-corrected chi connectivity index (χ2v) is 4.82. The zero-order chi connectivity index (χ0) is 12.9. The molecule has 2 N–H and O–H groups in total. The van der Waals surface area contributed by atoms with Crippen molar-refractivity contribution in [3.63, 3.8) is 0 Å². The van der Waals surface area contributed by atoms with Crippen molar-refractivity contribution in [1.29, 1.82) is 0 Å². The minimum Gasteiger partial charge on any atom is -0.351 e. The third-order valence-corrected chi connectivity index (χ3v) is 2.70. The van der Waals surface area contributed by atoms with Crippen LogP contribution >= 0.6 is 0 Å². The summed E-state index contributed by atoms with van der Waals surface area (Å²) in [5.74, 6) is -1.13. The van der Waals surface area contributed by atoms with Gasteiger partial charge >= 0.3 is 0 Å². The molecule has 7 heteroatoms. The molecule has 92 valence electrons. The van der Waals surface area contributed by atoms with E-state index in [9.17, 15) is 18.0 Å². The smallest absolute Gasteiger partial charge is 0.266 e. The molecule has 0 atom stereocenters. The Hall–Kier alpha value is -1.73. The standard InChI is InChI=1S/C10H11NO5S/c12-7-8-3-1-2-4-9(8)10(13)11-5-6-17(14,15)16/h1-4,7H,5-6H2,(H,11,13)(H,14,15,16). The van der Waals surface area contributed by atoms with Crippen LogP contribution in [0.3, 0.4) is 0 Å². The summed E-state index contributed by atoms with van der Waals surface area (Å²) in [7, 11) is -4.10. The van der Waals surface area contributed by atoms with E-state index in [1.807, 2.05) is 0 Å². The molecule has 0 aliphatic heterocycles. The molecule has 0 saturated carbocycles. The minimum atomic E-state index is -4.10. The summed E-state index contributed by atoms with van der Waals surface area (Å²) in [5, 5.41) is 2.29. The lowest BCUT2D eigenvalue weighted by atomic mass is 10.1. The second kappa shape index (κ2) is 5.55. The molecule has 0 unspecified atom stereocenters. The van der Waals surface area contributed by atoms with E-state index >= 15 is 0 Å². The Morgan fingerprint density at radius 1 is 1.35 bits per heavy atom. The summed E-state index contributed by atoms with van der Waals surface area (Å²) in [6.45, 7) is -0.217. The molecule has 6 nitrogen and oxygen atoms in total. The number of hydrogen-bond donors (Lipinski definition) is 2. The molecule has 0 spiro atoms. The quantitative estimate of drug-likeness (QED) is 0.576. The Kier molecular flexibility index (Phi) is 4.36. The van der Waals surface area contributed by atoms with Crippen molar-refractivity contribution in [3.05, 3.63) is 35.4 Å². The molecule has 0 heterocycles. The van der Waals surface area contributed by atoms with Crippen molar-refractivity contribution in [3.8, 4) is 0 Å². The number of rotatable bonds is 5. The van der Waals surface area contributed by atoms with Gasteiger partial charge in [0.1, 0.15) is 0 Å². The zero-order valence-corrected chi connectivity index (χ0v) is 9.61. The number of carbonyl (C=O) groups is 2. The van der Waals surface area contributed by atoms with E-state index in [-0.39, 0.29) is 17.7 Å². The molecule has 1 aromatic rings. The maximum atomic E-state index is 11.6. The Morgan fingerprint density at radius 3 is 2.59 bits per heavy atom. The van der Waals surface area contributed by atoms with Crippen LogP contribution in [0, 0.1) is 0 Å². The van der Waals surface area contributed by atoms with E-state index in [0.717, 1.165) is 0 Å². The molecular formula is C10H11NO5S. The molecule has 0 bridgehead atoms. The summed E-state index contributed by atoms with van der Waals surface area (Å²) in [4.78, 5) is 22.2. The first-order valence-corrected chi connectivity index (χ1v) is 6.32. The van der Waals surface area contributed by atoms with Gasteiger partial charge in [0, 0.05) is 17.7 Å². The van der Waals surface area contributed by atoms with Gasteiger partial charge in [0.2, 0.25) is 0 Å². The Labute approximate surface area is 98.4 Å². The first-order valence-electron chi connectivity index (χ1n) is 4.71. The van der Waals surface area contributed by atoms with Crippen molar-refractivity contribution < 1.29 is 22.6 Å². The first-order chi connectivity index (χ1) is 7.94. The van der Waals surface area contributed by atoms with E-state index in [1.165, 1.54) is 12.1 Å². The monoisotopic (exact) mass is 257 g/mol. The number of amides is 1. The molecule has 0 aromatic heterocycles. The fraction of sp³-hybridized carbons (Fsp3) is 0.200. The number of carbonyl (C=O) groups excluding carboxylic acids is 2. The van der Waals surface area contributed by atoms with Crippen LogP contribution in [0.25, 0.3) is 0 Å². The number of nitrogens with one attached hydrogen (secondary N) is 1. The van der Waals surface area contributed by atoms with Crippen LogP contribution < -0.4 is 5.32 Å². The third kappa shape index (κ3) is 4.33. The van der Waals surface area contributed by atoms with Crippen LogP contribution in [0.4, 0.5) is 0 Å². The molecule has 0 aliphatic carbocycles. The van der Waals surface area contributed by atoms with E-state index in [2.05, 4.69) is 5.32 Å². The average Bonchev–Trinajstić information content (AvgIpc) is 2.27. The summed E-state index contributed by atoms with van der Waals surface area (Å²) in [6.07, 6.45) is 0.539. The predicted octanol–water partition coefficient (Wildman–Crippen LogP) is 0.117. The topological polar surface area (TPSA) is 101 Å². The highest BCUT2D eigenvalue weighted by atomic mass is 32.2. The van der Waals surface area contributed by atoms with Gasteiger partial charge in [-0.1, -0.05) is 18.2 Å². The molecular weight excluding hydrogens is 246 g/mol. The molecule has 0 saturated heterocycles. The van der Waals surface area contributed by atoms with Gasteiger partial charge in [-0.3, -0.25) is 14.1 Å². The second-order valence-electron chi connectivity index (χ2n) is 3.25. The van der Waals surface area contributed by atoms with Gasteiger partial charge in [0.15, 0.2) is 6.29 Å². The fourth-order valence-corrected chi connectivity index (χ4v) is 1.56. The highest BCUT2D eigenvalue weighted by molar-refractivity contribution is 7.85. The molecule has 17 heavy (non-hydrogen) atoms. The first kappa shape index (κ1) is 13.3. The predicted molar refractivity (Wildman–Crippen MR) is 60.6 cm³/mol. The van der Waals surface area contributed by atoms with Crippen molar-refractivity contribution in [2.24, 2.45) is 0 Å². The van der Waals surface area contributed by atoms with E-state index < -0.39 is 21.8 Å². The lowest BCUT2D eigenvalue weighted by Gasteiger charge is -2.05. The maximum absolute atomic E-state index is 11.6. The third-order valence-electron chi connectivity index (χ3n) is 1.98. The zero-order valence-electron chi connectivity index (χ0n) is 8.79.